The zero-order valence-electron chi connectivity index (χ0n) is 13.5. The highest BCUT2D eigenvalue weighted by Crippen LogP contribution is 2.32. The van der Waals surface area contributed by atoms with Crippen molar-refractivity contribution in [2.24, 2.45) is 5.92 Å². The molecule has 2 heterocycles. The van der Waals surface area contributed by atoms with Crippen LogP contribution in [0, 0.1) is 5.92 Å². The van der Waals surface area contributed by atoms with Gasteiger partial charge in [0.25, 0.3) is 5.91 Å². The lowest BCUT2D eigenvalue weighted by molar-refractivity contribution is 0.0745. The maximum Gasteiger partial charge on any atom is 0.275 e. The minimum absolute atomic E-state index is 0.0242. The van der Waals surface area contributed by atoms with Gasteiger partial charge in [-0.1, -0.05) is 26.2 Å². The van der Waals surface area contributed by atoms with E-state index in [2.05, 4.69) is 4.98 Å². The SMILES string of the molecule is CC1CN(C(=O)c2coc(C3CCCCC3)n2)CCS(=O)(=O)C1. The third kappa shape index (κ3) is 3.94. The van der Waals surface area contributed by atoms with E-state index in [0.29, 0.717) is 24.0 Å². The fourth-order valence-electron chi connectivity index (χ4n) is 3.56. The number of oxazole rings is 1. The quantitative estimate of drug-likeness (QED) is 0.825. The van der Waals surface area contributed by atoms with E-state index in [-0.39, 0.29) is 29.9 Å². The van der Waals surface area contributed by atoms with Gasteiger partial charge in [-0.3, -0.25) is 4.79 Å². The number of amides is 1. The Balaban J connectivity index is 1.71. The molecule has 0 aromatic carbocycles. The third-order valence-corrected chi connectivity index (χ3v) is 6.61. The number of rotatable bonds is 2. The molecule has 1 atom stereocenters. The van der Waals surface area contributed by atoms with E-state index in [9.17, 15) is 13.2 Å². The highest BCUT2D eigenvalue weighted by molar-refractivity contribution is 7.91. The first-order valence-corrected chi connectivity index (χ1v) is 10.2. The van der Waals surface area contributed by atoms with Gasteiger partial charge in [-0.2, -0.15) is 0 Å². The van der Waals surface area contributed by atoms with Crippen molar-refractivity contribution in [3.63, 3.8) is 0 Å². The smallest absolute Gasteiger partial charge is 0.275 e. The summed E-state index contributed by atoms with van der Waals surface area (Å²) in [6.07, 6.45) is 7.16. The lowest BCUT2D eigenvalue weighted by atomic mass is 9.89. The van der Waals surface area contributed by atoms with E-state index in [0.717, 1.165) is 12.8 Å². The minimum Gasteiger partial charge on any atom is -0.448 e. The lowest BCUT2D eigenvalue weighted by Crippen LogP contribution is -2.35. The zero-order chi connectivity index (χ0) is 16.4. The number of sulfone groups is 1. The maximum atomic E-state index is 12.6. The summed E-state index contributed by atoms with van der Waals surface area (Å²) in [6, 6.07) is 0. The van der Waals surface area contributed by atoms with Crippen molar-refractivity contribution in [1.29, 1.82) is 0 Å². The van der Waals surface area contributed by atoms with E-state index in [1.807, 2.05) is 6.92 Å². The molecule has 1 aromatic heterocycles. The molecule has 0 spiro atoms. The summed E-state index contributed by atoms with van der Waals surface area (Å²) in [5.41, 5.74) is 0.303. The summed E-state index contributed by atoms with van der Waals surface area (Å²) in [7, 11) is -3.07. The highest BCUT2D eigenvalue weighted by atomic mass is 32.2. The molecule has 1 aromatic rings. The summed E-state index contributed by atoms with van der Waals surface area (Å²) >= 11 is 0. The van der Waals surface area contributed by atoms with E-state index < -0.39 is 9.84 Å². The maximum absolute atomic E-state index is 12.6. The van der Waals surface area contributed by atoms with E-state index >= 15 is 0 Å². The van der Waals surface area contributed by atoms with E-state index in [4.69, 9.17) is 4.42 Å². The molecule has 1 aliphatic heterocycles. The summed E-state index contributed by atoms with van der Waals surface area (Å²) < 4.78 is 29.2. The number of carbonyl (C=O) groups excluding carboxylic acids is 1. The minimum atomic E-state index is -3.07. The van der Waals surface area contributed by atoms with Crippen LogP contribution in [0.1, 0.15) is 61.3 Å². The Hall–Kier alpha value is -1.37. The van der Waals surface area contributed by atoms with Crippen LogP contribution in [-0.4, -0.2) is 48.8 Å². The van der Waals surface area contributed by atoms with Crippen LogP contribution < -0.4 is 0 Å². The molecule has 1 unspecified atom stereocenters. The molecule has 2 fully saturated rings. The monoisotopic (exact) mass is 340 g/mol. The summed E-state index contributed by atoms with van der Waals surface area (Å²) in [6.45, 7) is 2.54. The van der Waals surface area contributed by atoms with Crippen LogP contribution in [0.5, 0.6) is 0 Å². The number of hydrogen-bond donors (Lipinski definition) is 0. The van der Waals surface area contributed by atoms with Crippen molar-refractivity contribution in [3.05, 3.63) is 17.8 Å². The van der Waals surface area contributed by atoms with E-state index in [1.54, 1.807) is 4.90 Å². The van der Waals surface area contributed by atoms with Crippen LogP contribution in [-0.2, 0) is 9.84 Å². The van der Waals surface area contributed by atoms with Crippen LogP contribution in [0.3, 0.4) is 0 Å². The van der Waals surface area contributed by atoms with Crippen molar-refractivity contribution >= 4 is 15.7 Å². The molecule has 6 nitrogen and oxygen atoms in total. The van der Waals surface area contributed by atoms with Crippen LogP contribution >= 0.6 is 0 Å². The zero-order valence-corrected chi connectivity index (χ0v) is 14.3. The molecule has 2 aliphatic rings. The molecule has 23 heavy (non-hydrogen) atoms. The van der Waals surface area contributed by atoms with Gasteiger partial charge in [0.05, 0.1) is 11.5 Å². The largest absolute Gasteiger partial charge is 0.448 e. The Kier molecular flexibility index (Phi) is 4.75. The van der Waals surface area contributed by atoms with Crippen molar-refractivity contribution in [2.75, 3.05) is 24.6 Å². The van der Waals surface area contributed by atoms with Crippen molar-refractivity contribution in [2.45, 2.75) is 44.9 Å². The van der Waals surface area contributed by atoms with Crippen LogP contribution in [0.2, 0.25) is 0 Å². The van der Waals surface area contributed by atoms with E-state index in [1.165, 1.54) is 25.5 Å². The van der Waals surface area contributed by atoms with Gasteiger partial charge >= 0.3 is 0 Å². The fraction of sp³-hybridized carbons (Fsp3) is 0.750. The number of nitrogens with zero attached hydrogens (tertiary/aromatic N) is 2. The molecule has 0 radical (unpaired) electrons. The average Bonchev–Trinajstić information content (AvgIpc) is 2.96. The molecule has 0 N–H and O–H groups in total. The average molecular weight is 340 g/mol. The van der Waals surface area contributed by atoms with Gasteiger partial charge in [0, 0.05) is 19.0 Å². The summed E-state index contributed by atoms with van der Waals surface area (Å²) in [5, 5.41) is 0. The van der Waals surface area contributed by atoms with Crippen molar-refractivity contribution in [1.82, 2.24) is 9.88 Å². The van der Waals surface area contributed by atoms with Crippen molar-refractivity contribution < 1.29 is 17.6 Å². The Labute approximate surface area is 137 Å². The first-order chi connectivity index (χ1) is 10.9. The van der Waals surface area contributed by atoms with Crippen LogP contribution in [0.4, 0.5) is 0 Å². The third-order valence-electron chi connectivity index (χ3n) is 4.73. The van der Waals surface area contributed by atoms with Gasteiger partial charge in [0.2, 0.25) is 0 Å². The van der Waals surface area contributed by atoms with Crippen LogP contribution in [0.25, 0.3) is 0 Å². The molecular formula is C16H24N2O4S. The van der Waals surface area contributed by atoms with Crippen molar-refractivity contribution in [3.8, 4) is 0 Å². The van der Waals surface area contributed by atoms with Gasteiger partial charge < -0.3 is 9.32 Å². The Morgan fingerprint density at radius 3 is 2.78 bits per heavy atom. The van der Waals surface area contributed by atoms with Gasteiger partial charge in [0.1, 0.15) is 6.26 Å². The predicted molar refractivity (Wildman–Crippen MR) is 86.1 cm³/mol. The second-order valence-electron chi connectivity index (χ2n) is 6.88. The molecule has 128 valence electrons. The van der Waals surface area contributed by atoms with Crippen LogP contribution in [0.15, 0.2) is 10.7 Å². The normalized spacial score (nSPS) is 26.0. The summed E-state index contributed by atoms with van der Waals surface area (Å²) in [5.74, 6) is 0.854. The molecular weight excluding hydrogens is 316 g/mol. The van der Waals surface area contributed by atoms with Gasteiger partial charge in [-0.25, -0.2) is 13.4 Å². The highest BCUT2D eigenvalue weighted by Gasteiger charge is 2.29. The summed E-state index contributed by atoms with van der Waals surface area (Å²) in [4.78, 5) is 18.6. The molecule has 1 amide bonds. The topological polar surface area (TPSA) is 80.5 Å². The number of aromatic nitrogens is 1. The molecule has 3 rings (SSSR count). The molecule has 1 saturated carbocycles. The second kappa shape index (κ2) is 6.63. The number of hydrogen-bond acceptors (Lipinski definition) is 5. The Morgan fingerprint density at radius 2 is 2.04 bits per heavy atom. The fourth-order valence-corrected chi connectivity index (χ4v) is 5.19. The first-order valence-electron chi connectivity index (χ1n) is 8.40. The standard InChI is InChI=1S/C16H24N2O4S/c1-12-9-18(7-8-23(20,21)11-12)16(19)14-10-22-15(17-14)13-5-3-2-4-6-13/h10,12-13H,2-9,11H2,1H3. The predicted octanol–water partition coefficient (Wildman–Crippen LogP) is 2.23. The Morgan fingerprint density at radius 1 is 1.30 bits per heavy atom. The number of carbonyl (C=O) groups is 1. The van der Waals surface area contributed by atoms with Gasteiger partial charge in [-0.15, -0.1) is 0 Å². The first kappa shape index (κ1) is 16.5. The Bertz CT molecular complexity index is 661. The molecule has 1 saturated heterocycles. The van der Waals surface area contributed by atoms with Gasteiger partial charge in [0.15, 0.2) is 21.4 Å². The second-order valence-corrected chi connectivity index (χ2v) is 9.11. The van der Waals surface area contributed by atoms with Gasteiger partial charge in [-0.05, 0) is 18.8 Å². The molecule has 0 bridgehead atoms. The molecule has 7 heteroatoms. The lowest BCUT2D eigenvalue weighted by Gasteiger charge is -2.20. The molecule has 1 aliphatic carbocycles.